The van der Waals surface area contributed by atoms with E-state index >= 15 is 0 Å². The van der Waals surface area contributed by atoms with Crippen LogP contribution in [0.2, 0.25) is 0 Å². The second kappa shape index (κ2) is 7.45. The lowest BCUT2D eigenvalue weighted by atomic mass is 9.73. The van der Waals surface area contributed by atoms with E-state index in [0.717, 1.165) is 36.7 Å². The molecule has 1 aromatic rings. The van der Waals surface area contributed by atoms with Crippen molar-refractivity contribution in [2.45, 2.75) is 37.7 Å². The van der Waals surface area contributed by atoms with Gasteiger partial charge in [-0.25, -0.2) is 4.79 Å². The Balaban J connectivity index is 2.17. The standard InChI is InChI=1S/C19H30NO3/c1-20(2,3)14-15-23-18(21)19(22,16-10-6-4-7-11-16)17-12-8-5-9-13-17/h4,6-7,10-11,17,22H,5,8-9,12-15H2,1-3H3/q+1/t19-/m0/s1. The van der Waals surface area contributed by atoms with Crippen molar-refractivity contribution < 1.29 is 19.1 Å². The van der Waals surface area contributed by atoms with Gasteiger partial charge < -0.3 is 14.3 Å². The molecule has 2 rings (SSSR count). The van der Waals surface area contributed by atoms with E-state index in [1.807, 2.05) is 30.3 Å². The minimum atomic E-state index is -1.52. The van der Waals surface area contributed by atoms with Gasteiger partial charge in [-0.1, -0.05) is 49.6 Å². The van der Waals surface area contributed by atoms with Crippen LogP contribution in [0, 0.1) is 5.92 Å². The molecule has 1 atom stereocenters. The third-order valence-electron chi connectivity index (χ3n) is 4.72. The van der Waals surface area contributed by atoms with E-state index in [1.165, 1.54) is 6.42 Å². The Morgan fingerprint density at radius 2 is 1.78 bits per heavy atom. The fourth-order valence-electron chi connectivity index (χ4n) is 3.26. The van der Waals surface area contributed by atoms with Gasteiger partial charge in [0.25, 0.3) is 0 Å². The van der Waals surface area contributed by atoms with Gasteiger partial charge in [0.05, 0.1) is 21.1 Å². The van der Waals surface area contributed by atoms with Crippen molar-refractivity contribution in [3.63, 3.8) is 0 Å². The van der Waals surface area contributed by atoms with Gasteiger partial charge in [0.1, 0.15) is 13.2 Å². The molecule has 0 aliphatic heterocycles. The Bertz CT molecular complexity index is 503. The van der Waals surface area contributed by atoms with Gasteiger partial charge in [-0.15, -0.1) is 0 Å². The molecule has 1 aliphatic rings. The third-order valence-corrected chi connectivity index (χ3v) is 4.72. The van der Waals surface area contributed by atoms with Gasteiger partial charge in [-0.3, -0.25) is 0 Å². The molecule has 1 saturated carbocycles. The molecular weight excluding hydrogens is 290 g/mol. The summed E-state index contributed by atoms with van der Waals surface area (Å²) < 4.78 is 6.21. The normalized spacial score (nSPS) is 19.1. The number of esters is 1. The van der Waals surface area contributed by atoms with Crippen LogP contribution in [0.15, 0.2) is 30.3 Å². The van der Waals surface area contributed by atoms with E-state index < -0.39 is 11.6 Å². The molecular formula is C19H30NO3+. The average Bonchev–Trinajstić information content (AvgIpc) is 2.54. The molecule has 1 aromatic carbocycles. The van der Waals surface area contributed by atoms with Crippen molar-refractivity contribution in [1.29, 1.82) is 0 Å². The fraction of sp³-hybridized carbons (Fsp3) is 0.632. The number of benzene rings is 1. The number of rotatable bonds is 6. The smallest absolute Gasteiger partial charge is 0.343 e. The number of nitrogens with zero attached hydrogens (tertiary/aromatic N) is 1. The van der Waals surface area contributed by atoms with Gasteiger partial charge in [-0.05, 0) is 18.4 Å². The zero-order valence-corrected chi connectivity index (χ0v) is 14.6. The maximum absolute atomic E-state index is 12.8. The molecule has 1 aliphatic carbocycles. The molecule has 4 nitrogen and oxygen atoms in total. The number of carbonyl (C=O) groups excluding carboxylic acids is 1. The summed E-state index contributed by atoms with van der Waals surface area (Å²) >= 11 is 0. The summed E-state index contributed by atoms with van der Waals surface area (Å²) in [7, 11) is 6.16. The fourth-order valence-corrected chi connectivity index (χ4v) is 3.26. The SMILES string of the molecule is C[N+](C)(C)CCOC(=O)[C@](O)(c1ccccc1)C1CCCCC1. The van der Waals surface area contributed by atoms with Crippen LogP contribution in [0.5, 0.6) is 0 Å². The molecule has 4 heteroatoms. The monoisotopic (exact) mass is 320 g/mol. The van der Waals surface area contributed by atoms with E-state index in [1.54, 1.807) is 0 Å². The zero-order valence-electron chi connectivity index (χ0n) is 14.6. The van der Waals surface area contributed by atoms with E-state index in [-0.39, 0.29) is 5.92 Å². The third kappa shape index (κ3) is 4.55. The van der Waals surface area contributed by atoms with Crippen LogP contribution in [-0.2, 0) is 15.1 Å². The van der Waals surface area contributed by atoms with Crippen LogP contribution < -0.4 is 0 Å². The van der Waals surface area contributed by atoms with Gasteiger partial charge in [0, 0.05) is 5.92 Å². The summed E-state index contributed by atoms with van der Waals surface area (Å²) in [5.41, 5.74) is -0.866. The first-order valence-electron chi connectivity index (χ1n) is 8.59. The number of ether oxygens (including phenoxy) is 1. The van der Waals surface area contributed by atoms with Crippen molar-refractivity contribution in [2.75, 3.05) is 34.3 Å². The Morgan fingerprint density at radius 1 is 1.17 bits per heavy atom. The minimum Gasteiger partial charge on any atom is -0.457 e. The Labute approximate surface area is 139 Å². The highest BCUT2D eigenvalue weighted by atomic mass is 16.5. The lowest BCUT2D eigenvalue weighted by Crippen LogP contribution is -2.46. The van der Waals surface area contributed by atoms with Crippen molar-refractivity contribution in [1.82, 2.24) is 0 Å². The molecule has 1 fully saturated rings. The summed E-state index contributed by atoms with van der Waals surface area (Å²) in [6.07, 6.45) is 5.04. The number of likely N-dealkylation sites (N-methyl/N-ethyl adjacent to an activating group) is 1. The van der Waals surface area contributed by atoms with Gasteiger partial charge >= 0.3 is 5.97 Å². The molecule has 0 spiro atoms. The van der Waals surface area contributed by atoms with E-state index in [2.05, 4.69) is 21.1 Å². The maximum atomic E-state index is 12.8. The lowest BCUT2D eigenvalue weighted by Gasteiger charge is -2.37. The molecule has 0 bridgehead atoms. The predicted octanol–water partition coefficient (Wildman–Crippen LogP) is 2.70. The Morgan fingerprint density at radius 3 is 2.35 bits per heavy atom. The van der Waals surface area contributed by atoms with Crippen LogP contribution in [0.25, 0.3) is 0 Å². The van der Waals surface area contributed by atoms with Crippen molar-refractivity contribution in [3.05, 3.63) is 35.9 Å². The van der Waals surface area contributed by atoms with Crippen molar-refractivity contribution in [3.8, 4) is 0 Å². The topological polar surface area (TPSA) is 46.5 Å². The highest BCUT2D eigenvalue weighted by Gasteiger charge is 2.47. The first-order chi connectivity index (χ1) is 10.8. The van der Waals surface area contributed by atoms with Crippen molar-refractivity contribution in [2.24, 2.45) is 5.92 Å². The van der Waals surface area contributed by atoms with Gasteiger partial charge in [0.15, 0.2) is 5.60 Å². The van der Waals surface area contributed by atoms with Crippen LogP contribution in [-0.4, -0.2) is 49.9 Å². The molecule has 1 N–H and O–H groups in total. The lowest BCUT2D eigenvalue weighted by molar-refractivity contribution is -0.870. The number of carbonyl (C=O) groups is 1. The van der Waals surface area contributed by atoms with E-state index in [0.29, 0.717) is 12.2 Å². The maximum Gasteiger partial charge on any atom is 0.343 e. The second-order valence-corrected chi connectivity index (χ2v) is 7.62. The first-order valence-corrected chi connectivity index (χ1v) is 8.59. The summed E-state index contributed by atoms with van der Waals surface area (Å²) in [5.74, 6) is -0.556. The molecule has 0 aromatic heterocycles. The van der Waals surface area contributed by atoms with Gasteiger partial charge in [0.2, 0.25) is 0 Å². The quantitative estimate of drug-likeness (QED) is 0.647. The van der Waals surface area contributed by atoms with Crippen molar-refractivity contribution >= 4 is 5.97 Å². The average molecular weight is 320 g/mol. The highest BCUT2D eigenvalue weighted by molar-refractivity contribution is 5.81. The van der Waals surface area contributed by atoms with Gasteiger partial charge in [-0.2, -0.15) is 0 Å². The molecule has 128 valence electrons. The molecule has 0 heterocycles. The molecule has 0 saturated heterocycles. The summed E-state index contributed by atoms with van der Waals surface area (Å²) in [6.45, 7) is 1.05. The molecule has 23 heavy (non-hydrogen) atoms. The number of hydrogen-bond donors (Lipinski definition) is 1. The summed E-state index contributed by atoms with van der Waals surface area (Å²) in [6, 6.07) is 9.28. The van der Waals surface area contributed by atoms with E-state index in [4.69, 9.17) is 4.74 Å². The number of hydrogen-bond acceptors (Lipinski definition) is 3. The zero-order chi connectivity index (χ0) is 16.9. The first kappa shape index (κ1) is 18.0. The van der Waals surface area contributed by atoms with Crippen LogP contribution in [0.1, 0.15) is 37.7 Å². The molecule has 0 radical (unpaired) electrons. The number of quaternary nitrogens is 1. The summed E-state index contributed by atoms with van der Waals surface area (Å²) in [4.78, 5) is 12.8. The van der Waals surface area contributed by atoms with Crippen LogP contribution >= 0.6 is 0 Å². The van der Waals surface area contributed by atoms with E-state index in [9.17, 15) is 9.90 Å². The second-order valence-electron chi connectivity index (χ2n) is 7.62. The summed E-state index contributed by atoms with van der Waals surface area (Å²) in [5, 5.41) is 11.3. The van der Waals surface area contributed by atoms with Crippen LogP contribution in [0.3, 0.4) is 0 Å². The molecule has 0 unspecified atom stereocenters. The van der Waals surface area contributed by atoms with Crippen LogP contribution in [0.4, 0.5) is 0 Å². The predicted molar refractivity (Wildman–Crippen MR) is 90.8 cm³/mol. The minimum absolute atomic E-state index is 0.0599. The number of aliphatic hydroxyl groups is 1. The highest BCUT2D eigenvalue weighted by Crippen LogP contribution is 2.40. The molecule has 0 amide bonds. The Kier molecular flexibility index (Phi) is 5.82. The Hall–Kier alpha value is -1.39. The largest absolute Gasteiger partial charge is 0.457 e.